The van der Waals surface area contributed by atoms with Crippen LogP contribution in [0.25, 0.3) is 0 Å². The number of carbonyl (C=O) groups is 2. The van der Waals surface area contributed by atoms with Crippen LogP contribution in [-0.2, 0) is 22.6 Å². The van der Waals surface area contributed by atoms with Crippen molar-refractivity contribution in [1.29, 1.82) is 0 Å². The molecule has 2 heterocycles. The number of rotatable bonds is 7. The lowest BCUT2D eigenvalue weighted by Crippen LogP contribution is -2.45. The lowest BCUT2D eigenvalue weighted by molar-refractivity contribution is -0.129. The summed E-state index contributed by atoms with van der Waals surface area (Å²) in [6.45, 7) is 5.75. The van der Waals surface area contributed by atoms with Gasteiger partial charge in [0, 0.05) is 57.9 Å². The second-order valence-electron chi connectivity index (χ2n) is 8.61. The van der Waals surface area contributed by atoms with Gasteiger partial charge in [0.05, 0.1) is 5.92 Å². The van der Waals surface area contributed by atoms with Crippen molar-refractivity contribution < 1.29 is 9.59 Å². The van der Waals surface area contributed by atoms with Gasteiger partial charge >= 0.3 is 0 Å². The highest BCUT2D eigenvalue weighted by Gasteiger charge is 2.34. The summed E-state index contributed by atoms with van der Waals surface area (Å²) in [5, 5.41) is 3.09. The minimum Gasteiger partial charge on any atom is -0.369 e. The predicted octanol–water partition coefficient (Wildman–Crippen LogP) is 2.15. The van der Waals surface area contributed by atoms with Crippen LogP contribution in [0.1, 0.15) is 17.5 Å². The molecule has 0 bridgehead atoms. The second-order valence-corrected chi connectivity index (χ2v) is 8.61. The average molecular weight is 421 g/mol. The summed E-state index contributed by atoms with van der Waals surface area (Å²) >= 11 is 0. The van der Waals surface area contributed by atoms with E-state index < -0.39 is 0 Å². The summed E-state index contributed by atoms with van der Waals surface area (Å²) in [5.41, 5.74) is 3.54. The Morgan fingerprint density at radius 1 is 1.00 bits per heavy atom. The number of nitrogens with one attached hydrogen (secondary N) is 1. The van der Waals surface area contributed by atoms with E-state index in [1.807, 2.05) is 29.2 Å². The summed E-state index contributed by atoms with van der Waals surface area (Å²) in [5.74, 6) is -0.211. The molecule has 0 aliphatic carbocycles. The quantitative estimate of drug-likeness (QED) is 0.746. The van der Waals surface area contributed by atoms with Crippen LogP contribution < -0.4 is 10.2 Å². The lowest BCUT2D eigenvalue weighted by atomic mass is 10.1. The Morgan fingerprint density at radius 3 is 2.48 bits per heavy atom. The number of benzene rings is 2. The maximum atomic E-state index is 12.8. The summed E-state index contributed by atoms with van der Waals surface area (Å²) in [7, 11) is 2.15. The Balaban J connectivity index is 1.30. The summed E-state index contributed by atoms with van der Waals surface area (Å²) < 4.78 is 0. The normalized spacial score (nSPS) is 19.6. The van der Waals surface area contributed by atoms with Gasteiger partial charge in [-0.1, -0.05) is 48.5 Å². The number of hydrogen-bond acceptors (Lipinski definition) is 4. The van der Waals surface area contributed by atoms with Gasteiger partial charge in [0.1, 0.15) is 0 Å². The molecule has 1 N–H and O–H groups in total. The van der Waals surface area contributed by atoms with E-state index in [1.165, 1.54) is 11.3 Å². The molecular formula is C25H32N4O2. The van der Waals surface area contributed by atoms with Crippen LogP contribution in [0.4, 0.5) is 5.69 Å². The zero-order chi connectivity index (χ0) is 21.6. The third-order valence-corrected chi connectivity index (χ3v) is 6.39. The average Bonchev–Trinajstić information content (AvgIpc) is 3.18. The molecule has 4 rings (SSSR count). The van der Waals surface area contributed by atoms with E-state index in [0.717, 1.165) is 38.2 Å². The van der Waals surface area contributed by atoms with Crippen LogP contribution >= 0.6 is 0 Å². The molecule has 0 radical (unpaired) electrons. The van der Waals surface area contributed by atoms with Crippen LogP contribution in [0, 0.1) is 5.92 Å². The third-order valence-electron chi connectivity index (χ3n) is 6.39. The molecule has 2 amide bonds. The fourth-order valence-corrected chi connectivity index (χ4v) is 4.42. The van der Waals surface area contributed by atoms with Crippen LogP contribution in [0.3, 0.4) is 0 Å². The van der Waals surface area contributed by atoms with Gasteiger partial charge in [0.2, 0.25) is 11.8 Å². The van der Waals surface area contributed by atoms with Crippen molar-refractivity contribution in [2.75, 3.05) is 51.2 Å². The maximum absolute atomic E-state index is 12.8. The fraction of sp³-hybridized carbons (Fsp3) is 0.440. The smallest absolute Gasteiger partial charge is 0.225 e. The first kappa shape index (κ1) is 21.4. The molecule has 31 heavy (non-hydrogen) atoms. The number of likely N-dealkylation sites (N-methyl/N-ethyl adjacent to an activating group) is 1. The molecule has 2 aliphatic heterocycles. The molecule has 0 saturated carbocycles. The van der Waals surface area contributed by atoms with Crippen LogP contribution in [0.5, 0.6) is 0 Å². The minimum absolute atomic E-state index is 0.0243. The van der Waals surface area contributed by atoms with E-state index in [0.29, 0.717) is 26.1 Å². The van der Waals surface area contributed by atoms with Crippen molar-refractivity contribution in [2.24, 2.45) is 5.92 Å². The molecule has 2 aromatic carbocycles. The van der Waals surface area contributed by atoms with Gasteiger partial charge in [0.25, 0.3) is 0 Å². The first-order valence-electron chi connectivity index (χ1n) is 11.2. The highest BCUT2D eigenvalue weighted by molar-refractivity contribution is 5.89. The summed E-state index contributed by atoms with van der Waals surface area (Å²) in [6.07, 6.45) is 1.13. The molecule has 164 valence electrons. The summed E-state index contributed by atoms with van der Waals surface area (Å²) in [6, 6.07) is 18.5. The topological polar surface area (TPSA) is 55.9 Å². The largest absolute Gasteiger partial charge is 0.369 e. The lowest BCUT2D eigenvalue weighted by Gasteiger charge is -2.35. The number of nitrogens with zero attached hydrogens (tertiary/aromatic N) is 3. The van der Waals surface area contributed by atoms with Gasteiger partial charge in [-0.15, -0.1) is 0 Å². The van der Waals surface area contributed by atoms with E-state index in [-0.39, 0.29) is 17.7 Å². The predicted molar refractivity (Wildman–Crippen MR) is 123 cm³/mol. The van der Waals surface area contributed by atoms with Crippen LogP contribution in [0.15, 0.2) is 54.6 Å². The number of likely N-dealkylation sites (tertiary alicyclic amines) is 1. The SMILES string of the molecule is CN1CCN(c2ccccc2CNC(=O)C2CC(=O)N(CCc3ccccc3)C2)CC1. The Labute approximate surface area is 184 Å². The van der Waals surface area contributed by atoms with Crippen molar-refractivity contribution in [2.45, 2.75) is 19.4 Å². The van der Waals surface area contributed by atoms with Gasteiger partial charge in [-0.3, -0.25) is 9.59 Å². The molecule has 2 aliphatic rings. The second kappa shape index (κ2) is 9.96. The number of anilines is 1. The molecule has 0 aromatic heterocycles. The van der Waals surface area contributed by atoms with Crippen LogP contribution in [0.2, 0.25) is 0 Å². The molecule has 6 heteroatoms. The van der Waals surface area contributed by atoms with E-state index >= 15 is 0 Å². The number of amides is 2. The minimum atomic E-state index is -0.265. The third kappa shape index (κ3) is 5.44. The Morgan fingerprint density at radius 2 is 1.71 bits per heavy atom. The van der Waals surface area contributed by atoms with Crippen molar-refractivity contribution in [3.63, 3.8) is 0 Å². The summed E-state index contributed by atoms with van der Waals surface area (Å²) in [4.78, 5) is 31.8. The molecule has 2 fully saturated rings. The maximum Gasteiger partial charge on any atom is 0.225 e. The molecular weight excluding hydrogens is 388 g/mol. The van der Waals surface area contributed by atoms with Gasteiger partial charge in [-0.25, -0.2) is 0 Å². The number of piperazine rings is 1. The van der Waals surface area contributed by atoms with Crippen LogP contribution in [-0.4, -0.2) is 67.9 Å². The zero-order valence-corrected chi connectivity index (χ0v) is 18.3. The first-order chi connectivity index (χ1) is 15.1. The Hall–Kier alpha value is -2.86. The standard InChI is InChI=1S/C25H32N4O2/c1-27-13-15-28(16-14-27)23-10-6-5-9-21(23)18-26-25(31)22-17-24(30)29(19-22)12-11-20-7-3-2-4-8-20/h2-10,22H,11-19H2,1H3,(H,26,31). The van der Waals surface area contributed by atoms with Gasteiger partial charge in [-0.2, -0.15) is 0 Å². The fourth-order valence-electron chi connectivity index (χ4n) is 4.42. The molecule has 2 saturated heterocycles. The Bertz CT molecular complexity index is 893. The zero-order valence-electron chi connectivity index (χ0n) is 18.3. The number of hydrogen-bond donors (Lipinski definition) is 1. The van der Waals surface area contributed by atoms with E-state index in [9.17, 15) is 9.59 Å². The van der Waals surface area contributed by atoms with Crippen molar-refractivity contribution in [1.82, 2.24) is 15.1 Å². The van der Waals surface area contributed by atoms with Crippen molar-refractivity contribution >= 4 is 17.5 Å². The Kier molecular flexibility index (Phi) is 6.87. The molecule has 1 atom stereocenters. The number of carbonyl (C=O) groups excluding carboxylic acids is 2. The van der Waals surface area contributed by atoms with Gasteiger partial charge in [-0.05, 0) is 30.7 Å². The van der Waals surface area contributed by atoms with Crippen molar-refractivity contribution in [3.05, 3.63) is 65.7 Å². The van der Waals surface area contributed by atoms with E-state index in [1.54, 1.807) is 0 Å². The van der Waals surface area contributed by atoms with Crippen molar-refractivity contribution in [3.8, 4) is 0 Å². The highest BCUT2D eigenvalue weighted by atomic mass is 16.2. The number of para-hydroxylation sites is 1. The van der Waals surface area contributed by atoms with Gasteiger partial charge < -0.3 is 20.0 Å². The van der Waals surface area contributed by atoms with E-state index in [4.69, 9.17) is 0 Å². The monoisotopic (exact) mass is 420 g/mol. The molecule has 0 spiro atoms. The van der Waals surface area contributed by atoms with Gasteiger partial charge in [0.15, 0.2) is 0 Å². The van der Waals surface area contributed by atoms with E-state index in [2.05, 4.69) is 52.5 Å². The molecule has 1 unspecified atom stereocenters. The highest BCUT2D eigenvalue weighted by Crippen LogP contribution is 2.23. The molecule has 2 aromatic rings. The first-order valence-corrected chi connectivity index (χ1v) is 11.2. The molecule has 6 nitrogen and oxygen atoms in total.